The molecule has 1 aliphatic rings. The van der Waals surface area contributed by atoms with Gasteiger partial charge in [-0.1, -0.05) is 0 Å². The van der Waals surface area contributed by atoms with E-state index in [1.54, 1.807) is 59.1 Å². The lowest BCUT2D eigenvalue weighted by Crippen LogP contribution is -2.43. The van der Waals surface area contributed by atoms with Crippen molar-refractivity contribution in [2.75, 3.05) is 16.8 Å². The number of nitrogens with zero attached hydrogens (tertiary/aromatic N) is 3. The predicted octanol–water partition coefficient (Wildman–Crippen LogP) is 4.46. The van der Waals surface area contributed by atoms with Crippen molar-refractivity contribution in [3.8, 4) is 0 Å². The highest BCUT2D eigenvalue weighted by Crippen LogP contribution is 2.43. The number of halogens is 3. The van der Waals surface area contributed by atoms with Crippen LogP contribution >= 0.6 is 12.6 Å². The fraction of sp³-hybridized carbons (Fsp3) is 0.417. The largest absolute Gasteiger partial charge is 0.419 e. The zero-order valence-corrected chi connectivity index (χ0v) is 21.4. The van der Waals surface area contributed by atoms with Crippen LogP contribution in [-0.2, 0) is 22.3 Å². The molecule has 8 nitrogen and oxygen atoms in total. The lowest BCUT2D eigenvalue weighted by molar-refractivity contribution is -0.139. The van der Waals surface area contributed by atoms with Crippen LogP contribution in [0, 0.1) is 0 Å². The summed E-state index contributed by atoms with van der Waals surface area (Å²) in [6.07, 6.45) is -1.74. The van der Waals surface area contributed by atoms with Gasteiger partial charge in [0.2, 0.25) is 5.91 Å². The summed E-state index contributed by atoms with van der Waals surface area (Å²) in [5.74, 6) is -1.35. The molecule has 1 aromatic carbocycles. The van der Waals surface area contributed by atoms with E-state index in [2.05, 4.69) is 28.2 Å². The number of hydrogen-bond acceptors (Lipinski definition) is 6. The summed E-state index contributed by atoms with van der Waals surface area (Å²) < 4.78 is 41.5. The second-order valence-corrected chi connectivity index (χ2v) is 10.4. The first-order chi connectivity index (χ1) is 16.5. The molecule has 12 heteroatoms. The highest BCUT2D eigenvalue weighted by molar-refractivity contribution is 7.80. The van der Waals surface area contributed by atoms with Crippen LogP contribution in [0.5, 0.6) is 0 Å². The SMILES string of the molecule is CC(C)(C)NCC(=O)Nc1cc(N2C(=O)N(Cc3ccncc3)C(C)(C)C2=O)cc(S)c1C(F)(F)F. The van der Waals surface area contributed by atoms with E-state index < -0.39 is 51.2 Å². The summed E-state index contributed by atoms with van der Waals surface area (Å²) in [7, 11) is 0. The Balaban J connectivity index is 2.01. The van der Waals surface area contributed by atoms with Gasteiger partial charge in [-0.25, -0.2) is 9.69 Å². The summed E-state index contributed by atoms with van der Waals surface area (Å²) in [6, 6.07) is 4.65. The summed E-state index contributed by atoms with van der Waals surface area (Å²) in [5.41, 5.74) is -2.91. The lowest BCUT2D eigenvalue weighted by atomic mass is 10.0. The molecule has 2 N–H and O–H groups in total. The Morgan fingerprint density at radius 3 is 2.28 bits per heavy atom. The Bertz CT molecular complexity index is 1180. The number of imide groups is 1. The van der Waals surface area contributed by atoms with E-state index in [-0.39, 0.29) is 18.8 Å². The van der Waals surface area contributed by atoms with Crippen LogP contribution < -0.4 is 15.5 Å². The van der Waals surface area contributed by atoms with Crippen molar-refractivity contribution in [2.24, 2.45) is 0 Å². The Morgan fingerprint density at radius 1 is 1.11 bits per heavy atom. The van der Waals surface area contributed by atoms with E-state index in [4.69, 9.17) is 0 Å². The van der Waals surface area contributed by atoms with Gasteiger partial charge in [-0.3, -0.25) is 14.6 Å². The van der Waals surface area contributed by atoms with Gasteiger partial charge in [0.05, 0.1) is 23.5 Å². The van der Waals surface area contributed by atoms with Crippen LogP contribution in [0.15, 0.2) is 41.6 Å². The summed E-state index contributed by atoms with van der Waals surface area (Å²) >= 11 is 3.99. The second-order valence-electron chi connectivity index (χ2n) is 9.96. The zero-order valence-electron chi connectivity index (χ0n) is 20.5. The van der Waals surface area contributed by atoms with Crippen LogP contribution in [0.1, 0.15) is 45.7 Å². The molecule has 2 heterocycles. The van der Waals surface area contributed by atoms with E-state index >= 15 is 0 Å². The number of anilines is 2. The molecule has 0 bridgehead atoms. The van der Waals surface area contributed by atoms with E-state index in [9.17, 15) is 27.6 Å². The normalized spacial score (nSPS) is 16.0. The molecule has 1 saturated heterocycles. The van der Waals surface area contributed by atoms with Crippen LogP contribution in [0.25, 0.3) is 0 Å². The topological polar surface area (TPSA) is 94.6 Å². The number of pyridine rings is 1. The first-order valence-corrected chi connectivity index (χ1v) is 11.5. The number of amides is 4. The monoisotopic (exact) mass is 523 g/mol. The first-order valence-electron chi connectivity index (χ1n) is 11.1. The van der Waals surface area contributed by atoms with Crippen LogP contribution in [0.2, 0.25) is 0 Å². The number of urea groups is 1. The van der Waals surface area contributed by atoms with Crippen molar-refractivity contribution in [3.05, 3.63) is 47.8 Å². The molecule has 36 heavy (non-hydrogen) atoms. The molecule has 2 aromatic rings. The third-order valence-electron chi connectivity index (χ3n) is 5.61. The molecule has 0 radical (unpaired) electrons. The highest BCUT2D eigenvalue weighted by Gasteiger charge is 2.52. The minimum absolute atomic E-state index is 0.0903. The zero-order chi connectivity index (χ0) is 27.1. The van der Waals surface area contributed by atoms with Crippen molar-refractivity contribution in [2.45, 2.75) is 63.3 Å². The molecule has 3 rings (SSSR count). The van der Waals surface area contributed by atoms with Gasteiger partial charge in [-0.15, -0.1) is 12.6 Å². The first kappa shape index (κ1) is 27.5. The number of aromatic nitrogens is 1. The van der Waals surface area contributed by atoms with Crippen molar-refractivity contribution < 1.29 is 27.6 Å². The Kier molecular flexibility index (Phi) is 7.43. The molecular formula is C24H28F3N5O3S. The molecule has 1 aliphatic heterocycles. The van der Waals surface area contributed by atoms with E-state index in [1.807, 2.05) is 0 Å². The summed E-state index contributed by atoms with van der Waals surface area (Å²) in [4.78, 5) is 44.6. The molecule has 194 valence electrons. The van der Waals surface area contributed by atoms with Gasteiger partial charge >= 0.3 is 12.2 Å². The number of carbonyl (C=O) groups is 3. The molecule has 1 aromatic heterocycles. The molecule has 0 aliphatic carbocycles. The second kappa shape index (κ2) is 9.74. The molecular weight excluding hydrogens is 495 g/mol. The fourth-order valence-corrected chi connectivity index (χ4v) is 4.06. The standard InChI is InChI=1S/C24H28F3N5O3S/c1-22(2,3)29-12-18(33)30-16-10-15(11-17(36)19(16)24(25,26)27)32-20(34)23(4,5)31(21(32)35)13-14-6-8-28-9-7-14/h6-11,29,36H,12-13H2,1-5H3,(H,30,33). The van der Waals surface area contributed by atoms with Gasteiger partial charge < -0.3 is 15.5 Å². The third-order valence-corrected chi connectivity index (χ3v) is 5.96. The number of nitrogens with one attached hydrogen (secondary N) is 2. The third kappa shape index (κ3) is 5.81. The van der Waals surface area contributed by atoms with Gasteiger partial charge in [-0.05, 0) is 64.4 Å². The van der Waals surface area contributed by atoms with Crippen LogP contribution in [-0.4, -0.2) is 45.4 Å². The van der Waals surface area contributed by atoms with Gasteiger partial charge in [-0.2, -0.15) is 13.2 Å². The minimum Gasteiger partial charge on any atom is -0.324 e. The lowest BCUT2D eigenvalue weighted by Gasteiger charge is -2.27. The number of rotatable bonds is 6. The van der Waals surface area contributed by atoms with Crippen molar-refractivity contribution in [3.63, 3.8) is 0 Å². The van der Waals surface area contributed by atoms with Crippen molar-refractivity contribution in [1.29, 1.82) is 0 Å². The van der Waals surface area contributed by atoms with E-state index in [0.717, 1.165) is 22.6 Å². The average Bonchev–Trinajstić information content (AvgIpc) is 2.90. The van der Waals surface area contributed by atoms with Crippen molar-refractivity contribution >= 4 is 41.8 Å². The molecule has 0 unspecified atom stereocenters. The van der Waals surface area contributed by atoms with E-state index in [0.29, 0.717) is 0 Å². The molecule has 0 saturated carbocycles. The smallest absolute Gasteiger partial charge is 0.324 e. The molecule has 1 fully saturated rings. The summed E-state index contributed by atoms with van der Waals surface area (Å²) in [5, 5.41) is 5.15. The van der Waals surface area contributed by atoms with Gasteiger partial charge in [0, 0.05) is 29.4 Å². The number of carbonyl (C=O) groups excluding carboxylic acids is 3. The van der Waals surface area contributed by atoms with Gasteiger partial charge in [0.1, 0.15) is 5.54 Å². The number of benzene rings is 1. The Hall–Kier alpha value is -3.12. The van der Waals surface area contributed by atoms with Crippen molar-refractivity contribution in [1.82, 2.24) is 15.2 Å². The molecule has 0 spiro atoms. The molecule has 0 atom stereocenters. The average molecular weight is 524 g/mol. The maximum absolute atomic E-state index is 13.8. The highest BCUT2D eigenvalue weighted by atomic mass is 32.1. The number of hydrogen-bond donors (Lipinski definition) is 3. The Labute approximate surface area is 212 Å². The summed E-state index contributed by atoms with van der Waals surface area (Å²) in [6.45, 7) is 8.37. The quantitative estimate of drug-likeness (QED) is 0.384. The van der Waals surface area contributed by atoms with Gasteiger partial charge in [0.25, 0.3) is 5.91 Å². The van der Waals surface area contributed by atoms with Gasteiger partial charge in [0.15, 0.2) is 0 Å². The minimum atomic E-state index is -4.85. The van der Waals surface area contributed by atoms with Crippen LogP contribution in [0.4, 0.5) is 29.3 Å². The Morgan fingerprint density at radius 2 is 1.72 bits per heavy atom. The molecule has 4 amide bonds. The number of thiol groups is 1. The van der Waals surface area contributed by atoms with E-state index in [1.165, 1.54) is 4.90 Å². The maximum atomic E-state index is 13.8. The number of alkyl halides is 3. The van der Waals surface area contributed by atoms with Crippen LogP contribution in [0.3, 0.4) is 0 Å². The fourth-order valence-electron chi connectivity index (χ4n) is 3.68. The predicted molar refractivity (Wildman–Crippen MR) is 132 cm³/mol. The maximum Gasteiger partial charge on any atom is 0.419 e.